The van der Waals surface area contributed by atoms with Crippen LogP contribution in [0.2, 0.25) is 18.1 Å². The first kappa shape index (κ1) is 35.4. The molecule has 1 aromatic heterocycles. The van der Waals surface area contributed by atoms with Crippen LogP contribution in [0.25, 0.3) is 0 Å². The number of methoxy groups -OCH3 is 1. The number of carbonyl (C=O) groups is 2. The number of allylic oxidation sites excluding steroid dienone is 1. The summed E-state index contributed by atoms with van der Waals surface area (Å²) in [5, 5.41) is -0.00530. The summed E-state index contributed by atoms with van der Waals surface area (Å²) in [6.07, 6.45) is 15.9. The third kappa shape index (κ3) is 10.8. The van der Waals surface area contributed by atoms with Crippen LogP contribution in [0.15, 0.2) is 24.3 Å². The van der Waals surface area contributed by atoms with Gasteiger partial charge in [0, 0.05) is 29.2 Å². The normalized spacial score (nSPS) is 25.3. The van der Waals surface area contributed by atoms with Crippen molar-refractivity contribution in [1.82, 2.24) is 0 Å². The van der Waals surface area contributed by atoms with E-state index in [-0.39, 0.29) is 46.4 Å². The van der Waals surface area contributed by atoms with Crippen LogP contribution in [-0.4, -0.2) is 56.4 Å². The number of rotatable bonds is 17. The van der Waals surface area contributed by atoms with Crippen LogP contribution < -0.4 is 0 Å². The summed E-state index contributed by atoms with van der Waals surface area (Å²) in [5.74, 6) is 0.160. The highest BCUT2D eigenvalue weighted by Gasteiger charge is 2.42. The van der Waals surface area contributed by atoms with Crippen molar-refractivity contribution in [1.29, 1.82) is 0 Å². The van der Waals surface area contributed by atoms with Gasteiger partial charge in [0.25, 0.3) is 0 Å². The fourth-order valence-corrected chi connectivity index (χ4v) is 8.16. The quantitative estimate of drug-likeness (QED) is 0.0605. The summed E-state index contributed by atoms with van der Waals surface area (Å²) in [7, 11) is -0.760. The van der Waals surface area contributed by atoms with E-state index in [1.54, 1.807) is 6.08 Å². The Labute approximate surface area is 263 Å². The molecule has 1 N–H and O–H groups in total. The second-order valence-electron chi connectivity index (χ2n) is 13.3. The SMILES string of the molecule is COC(=O)c1ccc(CCC[C@@H]2[C@@H](/C=C/C(=O)CCCCCCC(C)(C)[Si](C)(C)O)[C@H](OC3CCCCO3)C[C@H]2Cl)s1. The van der Waals surface area contributed by atoms with Gasteiger partial charge in [-0.25, -0.2) is 4.79 Å². The molecule has 0 aromatic carbocycles. The molecule has 1 saturated heterocycles. The Morgan fingerprint density at radius 1 is 1.17 bits per heavy atom. The van der Waals surface area contributed by atoms with Crippen molar-refractivity contribution in [2.45, 2.75) is 133 Å². The average Bonchev–Trinajstić information content (AvgIpc) is 3.53. The maximum absolute atomic E-state index is 12.8. The first-order valence-corrected chi connectivity index (χ1v) is 20.1. The topological polar surface area (TPSA) is 82.1 Å². The predicted molar refractivity (Wildman–Crippen MR) is 174 cm³/mol. The molecule has 2 heterocycles. The molecule has 6 nitrogen and oxygen atoms in total. The van der Waals surface area contributed by atoms with Gasteiger partial charge in [-0.3, -0.25) is 4.79 Å². The largest absolute Gasteiger partial charge is 0.465 e. The first-order valence-electron chi connectivity index (χ1n) is 15.9. The van der Waals surface area contributed by atoms with Gasteiger partial charge in [-0.05, 0) is 100 Å². The van der Waals surface area contributed by atoms with Gasteiger partial charge in [-0.1, -0.05) is 39.2 Å². The second kappa shape index (κ2) is 16.9. The van der Waals surface area contributed by atoms with Crippen LogP contribution in [0.3, 0.4) is 0 Å². The van der Waals surface area contributed by atoms with Crippen molar-refractivity contribution < 1.29 is 28.6 Å². The van der Waals surface area contributed by atoms with E-state index < -0.39 is 8.32 Å². The van der Waals surface area contributed by atoms with Crippen molar-refractivity contribution in [2.24, 2.45) is 11.8 Å². The van der Waals surface area contributed by atoms with Crippen molar-refractivity contribution in [3.05, 3.63) is 34.0 Å². The molecule has 0 spiro atoms. The summed E-state index contributed by atoms with van der Waals surface area (Å²) in [6, 6.07) is 3.83. The van der Waals surface area contributed by atoms with Crippen LogP contribution >= 0.6 is 22.9 Å². The lowest BCUT2D eigenvalue weighted by atomic mass is 9.89. The van der Waals surface area contributed by atoms with Gasteiger partial charge < -0.3 is 19.0 Å². The molecule has 9 heteroatoms. The van der Waals surface area contributed by atoms with Gasteiger partial charge in [-0.15, -0.1) is 22.9 Å². The lowest BCUT2D eigenvalue weighted by Crippen LogP contribution is -2.38. The number of alkyl halides is 1. The molecule has 0 amide bonds. The van der Waals surface area contributed by atoms with E-state index >= 15 is 0 Å². The van der Waals surface area contributed by atoms with Gasteiger partial charge in [0.1, 0.15) is 4.88 Å². The predicted octanol–water partition coefficient (Wildman–Crippen LogP) is 8.46. The molecule has 238 valence electrons. The minimum absolute atomic E-state index is 0.0146. The Morgan fingerprint density at radius 3 is 2.62 bits per heavy atom. The van der Waals surface area contributed by atoms with E-state index in [4.69, 9.17) is 25.8 Å². The standard InChI is InChI=1S/C33H53ClO6SSi/c1-33(2,42(4,5)37)21-10-7-6-8-13-24(35)17-19-27-26(15-12-14-25-18-20-30(41-25)32(36)38-3)28(34)23-29(27)40-31-16-9-11-22-39-31/h17-20,26-29,31,37H,6-16,21-23H2,1-5H3/b19-17+/t26-,27-,28-,29-,31?/m1/s1. The number of halogens is 1. The summed E-state index contributed by atoms with van der Waals surface area (Å²) < 4.78 is 17.2. The lowest BCUT2D eigenvalue weighted by molar-refractivity contribution is -0.192. The third-order valence-corrected chi connectivity index (χ3v) is 14.6. The van der Waals surface area contributed by atoms with Gasteiger partial charge >= 0.3 is 5.97 Å². The van der Waals surface area contributed by atoms with Crippen molar-refractivity contribution in [3.8, 4) is 0 Å². The molecular formula is C33H53ClO6SSi. The fraction of sp³-hybridized carbons (Fsp3) is 0.758. The van der Waals surface area contributed by atoms with E-state index in [2.05, 4.69) is 19.9 Å². The number of carbonyl (C=O) groups excluding carboxylic acids is 2. The highest BCUT2D eigenvalue weighted by molar-refractivity contribution is 7.13. The molecule has 1 aliphatic heterocycles. The van der Waals surface area contributed by atoms with Crippen molar-refractivity contribution >= 4 is 43.0 Å². The average molecular weight is 641 g/mol. The van der Waals surface area contributed by atoms with Gasteiger partial charge in [0.05, 0.1) is 13.2 Å². The number of ether oxygens (including phenoxy) is 3. The van der Waals surface area contributed by atoms with Crippen LogP contribution in [0.1, 0.15) is 105 Å². The van der Waals surface area contributed by atoms with E-state index in [0.29, 0.717) is 11.3 Å². The molecule has 0 bridgehead atoms. The fourth-order valence-electron chi connectivity index (χ4n) is 5.93. The molecule has 1 unspecified atom stereocenters. The number of aryl methyl sites for hydroxylation is 1. The van der Waals surface area contributed by atoms with Crippen LogP contribution in [0.5, 0.6) is 0 Å². The Hall–Kier alpha value is -1.03. The molecule has 1 aliphatic carbocycles. The lowest BCUT2D eigenvalue weighted by Gasteiger charge is -2.35. The Morgan fingerprint density at radius 2 is 1.93 bits per heavy atom. The molecule has 5 atom stereocenters. The van der Waals surface area contributed by atoms with Crippen molar-refractivity contribution in [2.75, 3.05) is 13.7 Å². The van der Waals surface area contributed by atoms with Crippen LogP contribution in [-0.2, 0) is 25.4 Å². The Balaban J connectivity index is 1.52. The number of hydrogen-bond acceptors (Lipinski definition) is 7. The van der Waals surface area contributed by atoms with Crippen LogP contribution in [0, 0.1) is 11.8 Å². The van der Waals surface area contributed by atoms with E-state index in [1.807, 2.05) is 25.2 Å². The molecule has 42 heavy (non-hydrogen) atoms. The summed E-state index contributed by atoms with van der Waals surface area (Å²) in [4.78, 5) is 36.9. The van der Waals surface area contributed by atoms with Crippen molar-refractivity contribution in [3.63, 3.8) is 0 Å². The van der Waals surface area contributed by atoms with Gasteiger partial charge in [-0.2, -0.15) is 0 Å². The maximum atomic E-state index is 12.8. The molecule has 3 rings (SSSR count). The van der Waals surface area contributed by atoms with E-state index in [1.165, 1.54) is 18.4 Å². The number of hydrogen-bond donors (Lipinski definition) is 1. The number of ketones is 1. The Kier molecular flexibility index (Phi) is 14.2. The minimum Gasteiger partial charge on any atom is -0.465 e. The summed E-state index contributed by atoms with van der Waals surface area (Å²) in [6.45, 7) is 9.12. The number of esters is 1. The molecule has 1 aromatic rings. The van der Waals surface area contributed by atoms with Gasteiger partial charge in [0.15, 0.2) is 20.4 Å². The molecule has 2 fully saturated rings. The zero-order valence-electron chi connectivity index (χ0n) is 26.4. The second-order valence-corrected chi connectivity index (χ2v) is 19.5. The number of unbranched alkanes of at least 4 members (excludes halogenated alkanes) is 3. The highest BCUT2D eigenvalue weighted by atomic mass is 35.5. The number of thiophene rings is 1. The first-order chi connectivity index (χ1) is 19.9. The Bertz CT molecular complexity index is 1010. The minimum atomic E-state index is -2.16. The highest BCUT2D eigenvalue weighted by Crippen LogP contribution is 2.43. The van der Waals surface area contributed by atoms with Crippen LogP contribution in [0.4, 0.5) is 0 Å². The maximum Gasteiger partial charge on any atom is 0.348 e. The summed E-state index contributed by atoms with van der Waals surface area (Å²) >= 11 is 8.41. The third-order valence-electron chi connectivity index (χ3n) is 9.45. The zero-order chi connectivity index (χ0) is 30.8. The van der Waals surface area contributed by atoms with E-state index in [9.17, 15) is 14.4 Å². The smallest absolute Gasteiger partial charge is 0.348 e. The van der Waals surface area contributed by atoms with Gasteiger partial charge in [0.2, 0.25) is 0 Å². The molecular weight excluding hydrogens is 588 g/mol. The molecule has 1 saturated carbocycles. The summed E-state index contributed by atoms with van der Waals surface area (Å²) in [5.41, 5.74) is 0. The monoisotopic (exact) mass is 640 g/mol. The molecule has 2 aliphatic rings. The zero-order valence-corrected chi connectivity index (χ0v) is 28.9. The molecule has 0 radical (unpaired) electrons. The van der Waals surface area contributed by atoms with E-state index in [0.717, 1.165) is 88.5 Å².